The molecule has 25 heavy (non-hydrogen) atoms. The summed E-state index contributed by atoms with van der Waals surface area (Å²) in [6.45, 7) is 2.46. The summed E-state index contributed by atoms with van der Waals surface area (Å²) < 4.78 is 0. The van der Waals surface area contributed by atoms with Crippen molar-refractivity contribution in [1.29, 1.82) is 0 Å². The van der Waals surface area contributed by atoms with Gasteiger partial charge in [-0.25, -0.2) is 4.98 Å². The molecule has 2 saturated heterocycles. The number of aliphatic carboxylic acids is 1. The van der Waals surface area contributed by atoms with Gasteiger partial charge in [0, 0.05) is 37.4 Å². The van der Waals surface area contributed by atoms with E-state index in [0.29, 0.717) is 18.0 Å². The zero-order valence-corrected chi connectivity index (χ0v) is 14.2. The third-order valence-electron chi connectivity index (χ3n) is 5.73. The van der Waals surface area contributed by atoms with Gasteiger partial charge in [0.2, 0.25) is 0 Å². The third kappa shape index (κ3) is 3.46. The number of anilines is 1. The van der Waals surface area contributed by atoms with Gasteiger partial charge in [-0.15, -0.1) is 0 Å². The lowest BCUT2D eigenvalue weighted by molar-refractivity contribution is -0.139. The van der Waals surface area contributed by atoms with E-state index < -0.39 is 12.0 Å². The standard InChI is InChI=1S/C18H24N4O3/c23-16(21-13-1-2-13)12-3-6-19-15(9-12)22-7-4-18(5-8-22)10-14(17(24)25)20-11-18/h3,6,9,13-14,20H,1-2,4-5,7-8,10-11H2,(H,21,23)(H,24,25)/t14-/m1/s1. The molecule has 1 amide bonds. The maximum absolute atomic E-state index is 12.2. The van der Waals surface area contributed by atoms with E-state index in [1.54, 1.807) is 12.3 Å². The van der Waals surface area contributed by atoms with E-state index in [1.165, 1.54) is 0 Å². The fourth-order valence-corrected chi connectivity index (χ4v) is 3.91. The van der Waals surface area contributed by atoms with Crippen molar-refractivity contribution < 1.29 is 14.7 Å². The number of hydrogen-bond acceptors (Lipinski definition) is 5. The Labute approximate surface area is 146 Å². The Bertz CT molecular complexity index is 681. The first-order chi connectivity index (χ1) is 12.0. The van der Waals surface area contributed by atoms with Gasteiger partial charge in [-0.1, -0.05) is 0 Å². The van der Waals surface area contributed by atoms with Crippen molar-refractivity contribution in [3.05, 3.63) is 23.9 Å². The van der Waals surface area contributed by atoms with E-state index >= 15 is 0 Å². The number of pyridine rings is 1. The van der Waals surface area contributed by atoms with Crippen molar-refractivity contribution in [1.82, 2.24) is 15.6 Å². The number of carbonyl (C=O) groups is 2. The first-order valence-electron chi connectivity index (χ1n) is 9.03. The van der Waals surface area contributed by atoms with Crippen LogP contribution in [-0.2, 0) is 4.79 Å². The monoisotopic (exact) mass is 344 g/mol. The number of carboxylic acids is 1. The van der Waals surface area contributed by atoms with Gasteiger partial charge in [0.05, 0.1) is 0 Å². The molecule has 0 bridgehead atoms. The van der Waals surface area contributed by atoms with Gasteiger partial charge in [-0.2, -0.15) is 0 Å². The van der Waals surface area contributed by atoms with Gasteiger partial charge in [-0.05, 0) is 49.7 Å². The van der Waals surface area contributed by atoms with Crippen LogP contribution in [0.15, 0.2) is 18.3 Å². The fourth-order valence-electron chi connectivity index (χ4n) is 3.91. The Morgan fingerprint density at radius 3 is 2.72 bits per heavy atom. The summed E-state index contributed by atoms with van der Waals surface area (Å²) in [4.78, 5) is 30.0. The molecule has 0 aromatic carbocycles. The van der Waals surface area contributed by atoms with Crippen LogP contribution >= 0.6 is 0 Å². The fraction of sp³-hybridized carbons (Fsp3) is 0.611. The molecule has 3 fully saturated rings. The lowest BCUT2D eigenvalue weighted by atomic mass is 9.76. The summed E-state index contributed by atoms with van der Waals surface area (Å²) >= 11 is 0. The zero-order valence-electron chi connectivity index (χ0n) is 14.2. The Hall–Kier alpha value is -2.15. The Morgan fingerprint density at radius 2 is 2.08 bits per heavy atom. The molecule has 7 nitrogen and oxygen atoms in total. The molecule has 1 saturated carbocycles. The summed E-state index contributed by atoms with van der Waals surface area (Å²) in [6, 6.07) is 3.54. The van der Waals surface area contributed by atoms with Crippen molar-refractivity contribution in [3.8, 4) is 0 Å². The molecule has 134 valence electrons. The molecule has 0 radical (unpaired) electrons. The minimum absolute atomic E-state index is 0.0241. The van der Waals surface area contributed by atoms with Gasteiger partial charge in [-0.3, -0.25) is 9.59 Å². The largest absolute Gasteiger partial charge is 0.480 e. The van der Waals surface area contributed by atoms with E-state index in [1.807, 2.05) is 6.07 Å². The van der Waals surface area contributed by atoms with E-state index in [4.69, 9.17) is 0 Å². The first kappa shape index (κ1) is 16.3. The maximum Gasteiger partial charge on any atom is 0.320 e. The van der Waals surface area contributed by atoms with E-state index in [9.17, 15) is 14.7 Å². The molecule has 4 rings (SSSR count). The minimum atomic E-state index is -0.754. The lowest BCUT2D eigenvalue weighted by Crippen LogP contribution is -2.41. The van der Waals surface area contributed by atoms with Crippen LogP contribution in [0.3, 0.4) is 0 Å². The second-order valence-electron chi connectivity index (χ2n) is 7.61. The number of carbonyl (C=O) groups excluding carboxylic acids is 1. The molecule has 1 aliphatic carbocycles. The highest BCUT2D eigenvalue weighted by Gasteiger charge is 2.43. The highest BCUT2D eigenvalue weighted by molar-refractivity contribution is 5.95. The number of hydrogen-bond donors (Lipinski definition) is 3. The summed E-state index contributed by atoms with van der Waals surface area (Å²) in [5, 5.41) is 15.3. The molecule has 1 aromatic heterocycles. The average molecular weight is 344 g/mol. The van der Waals surface area contributed by atoms with E-state index in [0.717, 1.165) is 51.1 Å². The minimum Gasteiger partial charge on any atom is -0.480 e. The zero-order chi connectivity index (χ0) is 17.4. The topological polar surface area (TPSA) is 94.6 Å². The quantitative estimate of drug-likeness (QED) is 0.755. The molecule has 3 heterocycles. The van der Waals surface area contributed by atoms with Crippen molar-refractivity contribution in [3.63, 3.8) is 0 Å². The number of piperidine rings is 1. The van der Waals surface area contributed by atoms with Crippen LogP contribution in [0.25, 0.3) is 0 Å². The highest BCUT2D eigenvalue weighted by atomic mass is 16.4. The molecular weight excluding hydrogens is 320 g/mol. The molecule has 2 aliphatic heterocycles. The molecular formula is C18H24N4O3. The molecule has 7 heteroatoms. The second kappa shape index (κ2) is 6.29. The van der Waals surface area contributed by atoms with Crippen molar-refractivity contribution in [2.75, 3.05) is 24.5 Å². The molecule has 1 atom stereocenters. The maximum atomic E-state index is 12.2. The summed E-state index contributed by atoms with van der Waals surface area (Å²) in [5.74, 6) is 0.0540. The SMILES string of the molecule is O=C(NC1CC1)c1ccnc(N2CCC3(CC2)CN[C@@H](C(=O)O)C3)c1. The van der Waals surface area contributed by atoms with Crippen molar-refractivity contribution >= 4 is 17.7 Å². The third-order valence-corrected chi connectivity index (χ3v) is 5.73. The number of nitrogens with one attached hydrogen (secondary N) is 2. The Kier molecular flexibility index (Phi) is 4.11. The van der Waals surface area contributed by atoms with Gasteiger partial charge < -0.3 is 20.6 Å². The van der Waals surface area contributed by atoms with Crippen molar-refractivity contribution in [2.24, 2.45) is 5.41 Å². The normalized spacial score (nSPS) is 25.1. The molecule has 0 unspecified atom stereocenters. The predicted molar refractivity (Wildman–Crippen MR) is 92.6 cm³/mol. The van der Waals surface area contributed by atoms with Crippen LogP contribution in [0.4, 0.5) is 5.82 Å². The number of amides is 1. The summed E-state index contributed by atoms with van der Waals surface area (Å²) in [7, 11) is 0. The lowest BCUT2D eigenvalue weighted by Gasteiger charge is -2.39. The van der Waals surface area contributed by atoms with Crippen LogP contribution in [0.2, 0.25) is 0 Å². The average Bonchev–Trinajstić information content (AvgIpc) is 3.34. The van der Waals surface area contributed by atoms with Gasteiger partial charge in [0.15, 0.2) is 0 Å². The smallest absolute Gasteiger partial charge is 0.320 e. The number of rotatable bonds is 4. The molecule has 1 spiro atoms. The predicted octanol–water partition coefficient (Wildman–Crippen LogP) is 1.01. The van der Waals surface area contributed by atoms with Crippen LogP contribution in [0, 0.1) is 5.41 Å². The van der Waals surface area contributed by atoms with Crippen LogP contribution < -0.4 is 15.5 Å². The number of aromatic nitrogens is 1. The van der Waals surface area contributed by atoms with Crippen LogP contribution in [0.1, 0.15) is 42.5 Å². The van der Waals surface area contributed by atoms with E-state index in [2.05, 4.69) is 20.5 Å². The second-order valence-corrected chi connectivity index (χ2v) is 7.61. The van der Waals surface area contributed by atoms with Crippen LogP contribution in [0.5, 0.6) is 0 Å². The van der Waals surface area contributed by atoms with Gasteiger partial charge in [0.25, 0.3) is 5.91 Å². The summed E-state index contributed by atoms with van der Waals surface area (Å²) in [5.41, 5.74) is 0.742. The highest BCUT2D eigenvalue weighted by Crippen LogP contribution is 2.40. The molecule has 3 aliphatic rings. The Morgan fingerprint density at radius 1 is 1.32 bits per heavy atom. The van der Waals surface area contributed by atoms with Gasteiger partial charge in [0.1, 0.15) is 11.9 Å². The first-order valence-corrected chi connectivity index (χ1v) is 9.03. The number of carboxylic acid groups (broad SMARTS) is 1. The van der Waals surface area contributed by atoms with Crippen LogP contribution in [-0.4, -0.2) is 53.7 Å². The Balaban J connectivity index is 1.39. The number of nitrogens with zero attached hydrogens (tertiary/aromatic N) is 2. The summed E-state index contributed by atoms with van der Waals surface area (Å²) in [6.07, 6.45) is 6.44. The van der Waals surface area contributed by atoms with Crippen molar-refractivity contribution in [2.45, 2.75) is 44.2 Å². The molecule has 1 aromatic rings. The molecule has 3 N–H and O–H groups in total. The van der Waals surface area contributed by atoms with E-state index in [-0.39, 0.29) is 11.3 Å². The van der Waals surface area contributed by atoms with Gasteiger partial charge >= 0.3 is 5.97 Å².